The summed E-state index contributed by atoms with van der Waals surface area (Å²) < 4.78 is 2.60. The van der Waals surface area contributed by atoms with Crippen molar-refractivity contribution < 1.29 is 19.8 Å². The average molecular weight is 472 g/mol. The van der Waals surface area contributed by atoms with E-state index in [1.807, 2.05) is 13.8 Å². The highest BCUT2D eigenvalue weighted by molar-refractivity contribution is 5.97. The smallest absolute Gasteiger partial charge is 0.270 e. The molecule has 10 nitrogen and oxygen atoms in total. The van der Waals surface area contributed by atoms with Crippen LogP contribution in [0.5, 0.6) is 5.88 Å². The fourth-order valence-electron chi connectivity index (χ4n) is 4.57. The van der Waals surface area contributed by atoms with Crippen molar-refractivity contribution in [3.05, 3.63) is 33.8 Å². The summed E-state index contributed by atoms with van der Waals surface area (Å²) in [5.74, 6) is -1.30. The van der Waals surface area contributed by atoms with Gasteiger partial charge in [0, 0.05) is 30.8 Å². The predicted octanol–water partition coefficient (Wildman–Crippen LogP) is 1.52. The Morgan fingerprint density at radius 1 is 1.29 bits per heavy atom. The molecule has 2 aliphatic rings. The summed E-state index contributed by atoms with van der Waals surface area (Å²) in [5.41, 5.74) is -1.16. The molecule has 0 spiro atoms. The SMILES string of the molecule is CC(C)Cn1c(=O)c(C(=O)NC2CC2)c(O)n2ncc(/C=C/C(=O)N3CCC[C@@H]3C(C)(C)O)c12. The summed E-state index contributed by atoms with van der Waals surface area (Å²) in [6.07, 6.45) is 7.66. The molecule has 3 N–H and O–H groups in total. The number of nitrogens with zero attached hydrogens (tertiary/aromatic N) is 4. The molecule has 184 valence electrons. The van der Waals surface area contributed by atoms with E-state index < -0.39 is 22.9 Å². The van der Waals surface area contributed by atoms with E-state index >= 15 is 0 Å². The molecule has 2 aromatic rings. The number of fused-ring (bicyclic) bond motifs is 1. The van der Waals surface area contributed by atoms with E-state index in [-0.39, 0.29) is 29.5 Å². The zero-order chi connectivity index (χ0) is 24.8. The van der Waals surface area contributed by atoms with Gasteiger partial charge in [-0.2, -0.15) is 9.61 Å². The van der Waals surface area contributed by atoms with Crippen LogP contribution in [0.1, 0.15) is 69.3 Å². The Balaban J connectivity index is 1.73. The molecule has 2 amide bonds. The number of aromatic nitrogens is 3. The number of hydrogen-bond acceptors (Lipinski definition) is 6. The minimum atomic E-state index is -1.01. The number of hydrogen-bond donors (Lipinski definition) is 3. The van der Waals surface area contributed by atoms with Crippen LogP contribution in [0.25, 0.3) is 11.7 Å². The van der Waals surface area contributed by atoms with Crippen molar-refractivity contribution >= 4 is 23.5 Å². The van der Waals surface area contributed by atoms with Crippen LogP contribution in [0.4, 0.5) is 0 Å². The van der Waals surface area contributed by atoms with Gasteiger partial charge < -0.3 is 20.4 Å². The highest BCUT2D eigenvalue weighted by Gasteiger charge is 2.37. The number of carbonyl (C=O) groups is 2. The molecule has 3 heterocycles. The van der Waals surface area contributed by atoms with E-state index in [0.717, 1.165) is 25.7 Å². The molecule has 0 radical (unpaired) electrons. The van der Waals surface area contributed by atoms with Gasteiger partial charge in [-0.15, -0.1) is 0 Å². The van der Waals surface area contributed by atoms with E-state index in [4.69, 9.17) is 0 Å². The zero-order valence-corrected chi connectivity index (χ0v) is 20.1. The normalized spacial score (nSPS) is 19.0. The number of aliphatic hydroxyl groups is 1. The quantitative estimate of drug-likeness (QED) is 0.525. The maximum atomic E-state index is 13.3. The lowest BCUT2D eigenvalue weighted by Crippen LogP contribution is -2.47. The highest BCUT2D eigenvalue weighted by Crippen LogP contribution is 2.28. The molecule has 0 bridgehead atoms. The summed E-state index contributed by atoms with van der Waals surface area (Å²) >= 11 is 0. The lowest BCUT2D eigenvalue weighted by atomic mass is 9.96. The number of carbonyl (C=O) groups excluding carboxylic acids is 2. The predicted molar refractivity (Wildman–Crippen MR) is 127 cm³/mol. The molecule has 0 unspecified atom stereocenters. The molecule has 2 fully saturated rings. The van der Waals surface area contributed by atoms with Gasteiger partial charge in [0.25, 0.3) is 11.5 Å². The third-order valence-corrected chi connectivity index (χ3v) is 6.35. The fourth-order valence-corrected chi connectivity index (χ4v) is 4.57. The molecule has 1 saturated heterocycles. The molecular formula is C24H33N5O5. The minimum Gasteiger partial charge on any atom is -0.492 e. The summed E-state index contributed by atoms with van der Waals surface area (Å²) in [6.45, 7) is 8.15. The zero-order valence-electron chi connectivity index (χ0n) is 20.1. The third-order valence-electron chi connectivity index (χ3n) is 6.35. The van der Waals surface area contributed by atoms with Crippen LogP contribution in [0.15, 0.2) is 17.1 Å². The number of amides is 2. The molecule has 2 aromatic heterocycles. The van der Waals surface area contributed by atoms with E-state index in [1.54, 1.807) is 24.8 Å². The molecule has 1 atom stereocenters. The van der Waals surface area contributed by atoms with Crippen LogP contribution < -0.4 is 10.9 Å². The second kappa shape index (κ2) is 8.90. The Morgan fingerprint density at radius 2 is 2.00 bits per heavy atom. The molecular weight excluding hydrogens is 438 g/mol. The molecule has 1 aliphatic carbocycles. The Bertz CT molecular complexity index is 1200. The second-order valence-corrected chi connectivity index (χ2v) is 10.3. The number of nitrogens with one attached hydrogen (secondary N) is 1. The maximum absolute atomic E-state index is 13.3. The van der Waals surface area contributed by atoms with E-state index in [9.17, 15) is 24.6 Å². The lowest BCUT2D eigenvalue weighted by Gasteiger charge is -2.33. The fraction of sp³-hybridized carbons (Fsp3) is 0.583. The van der Waals surface area contributed by atoms with Crippen LogP contribution in [-0.4, -0.2) is 65.3 Å². The van der Waals surface area contributed by atoms with Crippen molar-refractivity contribution in [3.8, 4) is 5.88 Å². The summed E-state index contributed by atoms with van der Waals surface area (Å²) in [4.78, 5) is 40.6. The van der Waals surface area contributed by atoms with Crippen LogP contribution in [-0.2, 0) is 11.3 Å². The van der Waals surface area contributed by atoms with E-state index in [0.29, 0.717) is 24.3 Å². The Morgan fingerprint density at radius 3 is 2.62 bits per heavy atom. The van der Waals surface area contributed by atoms with Gasteiger partial charge in [-0.25, -0.2) is 0 Å². The summed E-state index contributed by atoms with van der Waals surface area (Å²) in [6, 6.07) is -0.245. The second-order valence-electron chi connectivity index (χ2n) is 10.3. The van der Waals surface area contributed by atoms with Gasteiger partial charge in [0.05, 0.1) is 17.8 Å². The molecule has 1 saturated carbocycles. The number of aromatic hydroxyl groups is 1. The molecule has 1 aliphatic heterocycles. The maximum Gasteiger partial charge on any atom is 0.270 e. The lowest BCUT2D eigenvalue weighted by molar-refractivity contribution is -0.131. The average Bonchev–Trinajstić information content (AvgIpc) is 3.25. The van der Waals surface area contributed by atoms with Crippen LogP contribution in [0.2, 0.25) is 0 Å². The Hall–Kier alpha value is -3.14. The first-order valence-electron chi connectivity index (χ1n) is 11.8. The van der Waals surface area contributed by atoms with Gasteiger partial charge in [0.1, 0.15) is 5.65 Å². The highest BCUT2D eigenvalue weighted by atomic mass is 16.3. The van der Waals surface area contributed by atoms with Gasteiger partial charge in [0.2, 0.25) is 11.8 Å². The van der Waals surface area contributed by atoms with Gasteiger partial charge in [-0.1, -0.05) is 13.8 Å². The first-order chi connectivity index (χ1) is 16.0. The monoisotopic (exact) mass is 471 g/mol. The van der Waals surface area contributed by atoms with Crippen molar-refractivity contribution in [3.63, 3.8) is 0 Å². The summed E-state index contributed by atoms with van der Waals surface area (Å²) in [7, 11) is 0. The van der Waals surface area contributed by atoms with Gasteiger partial charge in [-0.3, -0.25) is 19.0 Å². The third kappa shape index (κ3) is 4.59. The van der Waals surface area contributed by atoms with Gasteiger partial charge in [-0.05, 0) is 51.5 Å². The van der Waals surface area contributed by atoms with Crippen LogP contribution in [0, 0.1) is 5.92 Å². The van der Waals surface area contributed by atoms with Crippen molar-refractivity contribution in [1.29, 1.82) is 0 Å². The Kier molecular flexibility index (Phi) is 6.28. The first-order valence-corrected chi connectivity index (χ1v) is 11.8. The van der Waals surface area contributed by atoms with Crippen molar-refractivity contribution in [1.82, 2.24) is 24.4 Å². The van der Waals surface area contributed by atoms with E-state index in [2.05, 4.69) is 10.4 Å². The van der Waals surface area contributed by atoms with E-state index in [1.165, 1.54) is 21.4 Å². The standard InChI is InChI=1S/C24H33N5O5/c1-14(2)13-28-21-15(7-10-18(30)27-11-5-6-17(27)24(3,4)34)12-25-29(21)23(33)19(22(28)32)20(31)26-16-8-9-16/h7,10,12,14,16-17,33-34H,5-6,8-9,11,13H2,1-4H3,(H,26,31)/b10-7+/t17-/m1/s1. The molecule has 10 heteroatoms. The molecule has 4 rings (SSSR count). The molecule has 0 aromatic carbocycles. The van der Waals surface area contributed by atoms with Gasteiger partial charge in [0.15, 0.2) is 5.56 Å². The number of likely N-dealkylation sites (tertiary alicyclic amines) is 1. The van der Waals surface area contributed by atoms with Crippen LogP contribution >= 0.6 is 0 Å². The largest absolute Gasteiger partial charge is 0.492 e. The topological polar surface area (TPSA) is 129 Å². The first kappa shape index (κ1) is 24.0. The van der Waals surface area contributed by atoms with Crippen molar-refractivity contribution in [2.24, 2.45) is 5.92 Å². The molecule has 34 heavy (non-hydrogen) atoms. The number of rotatable bonds is 7. The van der Waals surface area contributed by atoms with Crippen molar-refractivity contribution in [2.75, 3.05) is 6.54 Å². The Labute approximate surface area is 197 Å². The van der Waals surface area contributed by atoms with Crippen LogP contribution in [0.3, 0.4) is 0 Å². The minimum absolute atomic E-state index is 0.0287. The van der Waals surface area contributed by atoms with Crippen molar-refractivity contribution in [2.45, 2.75) is 77.6 Å². The van der Waals surface area contributed by atoms with Gasteiger partial charge >= 0.3 is 0 Å². The summed E-state index contributed by atoms with van der Waals surface area (Å²) in [5, 5.41) is 28.1.